The Balaban J connectivity index is 1.79. The van der Waals surface area contributed by atoms with Crippen molar-refractivity contribution < 1.29 is 9.21 Å². The molecule has 3 aromatic rings. The van der Waals surface area contributed by atoms with Gasteiger partial charge in [0.1, 0.15) is 5.58 Å². The van der Waals surface area contributed by atoms with Crippen molar-refractivity contribution in [2.45, 2.75) is 0 Å². The molecule has 0 unspecified atom stereocenters. The lowest BCUT2D eigenvalue weighted by molar-refractivity contribution is 0.250. The van der Waals surface area contributed by atoms with E-state index >= 15 is 0 Å². The average molecular weight is 351 g/mol. The Kier molecular flexibility index (Phi) is 5.34. The van der Waals surface area contributed by atoms with Crippen LogP contribution in [0.3, 0.4) is 0 Å². The molecule has 6 heteroatoms. The summed E-state index contributed by atoms with van der Waals surface area (Å²) in [6.07, 6.45) is 0. The summed E-state index contributed by atoms with van der Waals surface area (Å²) >= 11 is 0. The number of carbonyl (C=O) groups is 1. The fraction of sp³-hybridized carbons (Fsp3) is 0.200. The highest BCUT2D eigenvalue weighted by Gasteiger charge is 2.09. The van der Waals surface area contributed by atoms with Gasteiger partial charge in [0.05, 0.1) is 5.56 Å². The minimum atomic E-state index is -0.406. The Hall–Kier alpha value is -3.12. The maximum atomic E-state index is 12.3. The smallest absolute Gasteiger partial charge is 0.344 e. The van der Waals surface area contributed by atoms with Crippen LogP contribution in [0.2, 0.25) is 0 Å². The molecule has 2 amide bonds. The molecule has 0 saturated carbocycles. The van der Waals surface area contributed by atoms with E-state index in [1.807, 2.05) is 55.4 Å². The van der Waals surface area contributed by atoms with Crippen LogP contribution in [0.1, 0.15) is 0 Å². The number of urea groups is 1. The van der Waals surface area contributed by atoms with Gasteiger partial charge in [0.2, 0.25) is 0 Å². The van der Waals surface area contributed by atoms with E-state index in [0.29, 0.717) is 23.4 Å². The zero-order chi connectivity index (χ0) is 18.5. The Morgan fingerprint density at radius 3 is 2.58 bits per heavy atom. The largest absolute Gasteiger partial charge is 0.422 e. The fourth-order valence-electron chi connectivity index (χ4n) is 2.58. The monoisotopic (exact) mass is 351 g/mol. The normalized spacial score (nSPS) is 10.9. The van der Waals surface area contributed by atoms with E-state index in [1.54, 1.807) is 18.2 Å². The second-order valence-electron chi connectivity index (χ2n) is 6.25. The van der Waals surface area contributed by atoms with Crippen LogP contribution in [0.4, 0.5) is 10.5 Å². The van der Waals surface area contributed by atoms with E-state index < -0.39 is 5.63 Å². The van der Waals surface area contributed by atoms with Gasteiger partial charge in [-0.25, -0.2) is 9.59 Å². The predicted octanol–water partition coefficient (Wildman–Crippen LogP) is 3.14. The molecule has 6 nitrogen and oxygen atoms in total. The van der Waals surface area contributed by atoms with E-state index in [0.717, 1.165) is 17.5 Å². The van der Waals surface area contributed by atoms with Crippen molar-refractivity contribution in [1.82, 2.24) is 10.2 Å². The van der Waals surface area contributed by atoms with E-state index in [4.69, 9.17) is 4.42 Å². The summed E-state index contributed by atoms with van der Waals surface area (Å²) in [4.78, 5) is 26.2. The van der Waals surface area contributed by atoms with Gasteiger partial charge in [-0.05, 0) is 37.9 Å². The van der Waals surface area contributed by atoms with Crippen LogP contribution in [0, 0.1) is 0 Å². The summed E-state index contributed by atoms with van der Waals surface area (Å²) < 4.78 is 5.45. The minimum Gasteiger partial charge on any atom is -0.422 e. The second-order valence-corrected chi connectivity index (χ2v) is 6.25. The topological polar surface area (TPSA) is 74.6 Å². The van der Waals surface area contributed by atoms with Gasteiger partial charge in [-0.15, -0.1) is 0 Å². The van der Waals surface area contributed by atoms with Crippen molar-refractivity contribution >= 4 is 22.7 Å². The lowest BCUT2D eigenvalue weighted by Crippen LogP contribution is -2.34. The molecule has 0 fully saturated rings. The molecule has 0 radical (unpaired) electrons. The van der Waals surface area contributed by atoms with Crippen molar-refractivity contribution in [2.75, 3.05) is 32.5 Å². The molecule has 0 spiro atoms. The molecule has 3 rings (SSSR count). The lowest BCUT2D eigenvalue weighted by atomic mass is 10.1. The molecule has 0 bridgehead atoms. The highest BCUT2D eigenvalue weighted by molar-refractivity contribution is 5.92. The van der Waals surface area contributed by atoms with Crippen molar-refractivity contribution in [1.29, 1.82) is 0 Å². The molecular weight excluding hydrogens is 330 g/mol. The van der Waals surface area contributed by atoms with Crippen LogP contribution in [-0.2, 0) is 0 Å². The first-order valence-corrected chi connectivity index (χ1v) is 8.36. The van der Waals surface area contributed by atoms with Crippen LogP contribution >= 0.6 is 0 Å². The summed E-state index contributed by atoms with van der Waals surface area (Å²) in [6, 6.07) is 16.1. The number of anilines is 1. The van der Waals surface area contributed by atoms with E-state index in [-0.39, 0.29) is 6.03 Å². The van der Waals surface area contributed by atoms with Crippen LogP contribution in [0.25, 0.3) is 22.1 Å². The van der Waals surface area contributed by atoms with Crippen molar-refractivity contribution in [3.63, 3.8) is 0 Å². The molecule has 0 atom stereocenters. The standard InChI is InChI=1S/C20H21N3O3/c1-23(2)11-10-21-20(25)22-16-9-8-15-12-17(14-6-4-3-5-7-14)19(24)26-18(15)13-16/h3-9,12-13H,10-11H2,1-2H3,(H2,21,22,25). The van der Waals surface area contributed by atoms with Gasteiger partial charge in [0.25, 0.3) is 0 Å². The third-order valence-electron chi connectivity index (χ3n) is 3.92. The van der Waals surface area contributed by atoms with Gasteiger partial charge in [-0.3, -0.25) is 0 Å². The van der Waals surface area contributed by atoms with Gasteiger partial charge < -0.3 is 20.0 Å². The van der Waals surface area contributed by atoms with Crippen molar-refractivity contribution in [3.8, 4) is 11.1 Å². The molecule has 1 aromatic heterocycles. The van der Waals surface area contributed by atoms with Gasteiger partial charge in [0, 0.05) is 30.2 Å². The first-order chi connectivity index (χ1) is 12.5. The van der Waals surface area contributed by atoms with Crippen molar-refractivity contribution in [2.24, 2.45) is 0 Å². The highest BCUT2D eigenvalue weighted by Crippen LogP contribution is 2.23. The molecular formula is C20H21N3O3. The van der Waals surface area contributed by atoms with Crippen LogP contribution in [-0.4, -0.2) is 38.1 Å². The Bertz CT molecular complexity index is 965. The van der Waals surface area contributed by atoms with Gasteiger partial charge in [0.15, 0.2) is 0 Å². The number of nitrogens with one attached hydrogen (secondary N) is 2. The van der Waals surface area contributed by atoms with Gasteiger partial charge in [-0.1, -0.05) is 30.3 Å². The molecule has 134 valence electrons. The molecule has 2 aromatic carbocycles. The average Bonchev–Trinajstić information content (AvgIpc) is 2.61. The van der Waals surface area contributed by atoms with Gasteiger partial charge >= 0.3 is 11.7 Å². The number of hydrogen-bond donors (Lipinski definition) is 2. The summed E-state index contributed by atoms with van der Waals surface area (Å²) in [6.45, 7) is 1.30. The number of carbonyl (C=O) groups excluding carboxylic acids is 1. The molecule has 0 aliphatic rings. The number of amides is 2. The molecule has 1 heterocycles. The number of benzene rings is 2. The first-order valence-electron chi connectivity index (χ1n) is 8.36. The third kappa shape index (κ3) is 4.29. The van der Waals surface area contributed by atoms with E-state index in [9.17, 15) is 9.59 Å². The third-order valence-corrected chi connectivity index (χ3v) is 3.92. The Morgan fingerprint density at radius 2 is 1.85 bits per heavy atom. The maximum absolute atomic E-state index is 12.3. The summed E-state index contributed by atoms with van der Waals surface area (Å²) in [5.41, 5.74) is 1.92. The zero-order valence-electron chi connectivity index (χ0n) is 14.8. The summed E-state index contributed by atoms with van der Waals surface area (Å²) in [5, 5.41) is 6.30. The summed E-state index contributed by atoms with van der Waals surface area (Å²) in [5.74, 6) is 0. The quantitative estimate of drug-likeness (QED) is 0.693. The zero-order valence-corrected chi connectivity index (χ0v) is 14.8. The number of nitrogens with zero attached hydrogens (tertiary/aromatic N) is 1. The van der Waals surface area contributed by atoms with Crippen LogP contribution in [0.5, 0.6) is 0 Å². The Morgan fingerprint density at radius 1 is 1.08 bits per heavy atom. The highest BCUT2D eigenvalue weighted by atomic mass is 16.4. The molecule has 0 aliphatic heterocycles. The molecule has 0 aliphatic carbocycles. The van der Waals surface area contributed by atoms with E-state index in [1.165, 1.54) is 0 Å². The minimum absolute atomic E-state index is 0.297. The lowest BCUT2D eigenvalue weighted by Gasteiger charge is -2.11. The molecule has 26 heavy (non-hydrogen) atoms. The van der Waals surface area contributed by atoms with Crippen LogP contribution in [0.15, 0.2) is 63.8 Å². The number of fused-ring (bicyclic) bond motifs is 1. The maximum Gasteiger partial charge on any atom is 0.344 e. The fourth-order valence-corrected chi connectivity index (χ4v) is 2.58. The first kappa shape index (κ1) is 17.7. The Labute approximate surface area is 151 Å². The second kappa shape index (κ2) is 7.84. The number of hydrogen-bond acceptors (Lipinski definition) is 4. The molecule has 0 saturated heterocycles. The number of rotatable bonds is 5. The molecule has 2 N–H and O–H groups in total. The predicted molar refractivity (Wildman–Crippen MR) is 103 cm³/mol. The van der Waals surface area contributed by atoms with E-state index in [2.05, 4.69) is 10.6 Å². The van der Waals surface area contributed by atoms with Gasteiger partial charge in [-0.2, -0.15) is 0 Å². The summed E-state index contributed by atoms with van der Waals surface area (Å²) in [7, 11) is 3.88. The van der Waals surface area contributed by atoms with Crippen molar-refractivity contribution in [3.05, 3.63) is 65.0 Å². The number of likely N-dealkylation sites (N-methyl/N-ethyl adjacent to an activating group) is 1. The van der Waals surface area contributed by atoms with Crippen LogP contribution < -0.4 is 16.3 Å². The SMILES string of the molecule is CN(C)CCNC(=O)Nc1ccc2cc(-c3ccccc3)c(=O)oc2c1.